The maximum Gasteiger partial charge on any atom is 0.336 e. The number of aromatic carboxylic acids is 1. The number of thioether (sulfide) groups is 1. The van der Waals surface area contributed by atoms with Gasteiger partial charge in [0.2, 0.25) is 0 Å². The normalized spacial score (nSPS) is 13.9. The Morgan fingerprint density at radius 1 is 1.43 bits per heavy atom. The Morgan fingerprint density at radius 2 is 2.14 bits per heavy atom. The smallest absolute Gasteiger partial charge is 0.336 e. The molecule has 1 atom stereocenters. The largest absolute Gasteiger partial charge is 0.478 e. The minimum Gasteiger partial charge on any atom is -0.478 e. The molecule has 3 N–H and O–H groups in total. The van der Waals surface area contributed by atoms with Gasteiger partial charge in [0.15, 0.2) is 0 Å². The van der Waals surface area contributed by atoms with Crippen molar-refractivity contribution in [1.29, 1.82) is 0 Å². The van der Waals surface area contributed by atoms with Crippen molar-refractivity contribution in [2.45, 2.75) is 12.5 Å². The highest BCUT2D eigenvalue weighted by Crippen LogP contribution is 2.21. The van der Waals surface area contributed by atoms with Gasteiger partial charge in [0.1, 0.15) is 5.82 Å². The second-order valence-electron chi connectivity index (χ2n) is 5.16. The SMILES string of the molecule is CSCC(C)(O)CNc1cc(C(=O)O)c2ccccc2n1. The van der Waals surface area contributed by atoms with Crippen molar-refractivity contribution in [2.75, 3.05) is 23.9 Å². The van der Waals surface area contributed by atoms with E-state index in [-0.39, 0.29) is 5.56 Å². The number of nitrogens with one attached hydrogen (secondary N) is 1. The van der Waals surface area contributed by atoms with E-state index in [0.717, 1.165) is 0 Å². The molecule has 21 heavy (non-hydrogen) atoms. The van der Waals surface area contributed by atoms with Crippen LogP contribution in [0, 0.1) is 0 Å². The van der Waals surface area contributed by atoms with Gasteiger partial charge in [-0.3, -0.25) is 0 Å². The summed E-state index contributed by atoms with van der Waals surface area (Å²) in [5, 5.41) is 23.1. The molecule has 1 unspecified atom stereocenters. The zero-order chi connectivity index (χ0) is 15.5. The first-order chi connectivity index (χ1) is 9.93. The van der Waals surface area contributed by atoms with Crippen LogP contribution in [0.15, 0.2) is 30.3 Å². The lowest BCUT2D eigenvalue weighted by Gasteiger charge is -2.23. The number of carboxylic acid groups (broad SMARTS) is 1. The first-order valence-electron chi connectivity index (χ1n) is 6.51. The molecule has 0 aliphatic heterocycles. The number of hydrogen-bond acceptors (Lipinski definition) is 5. The van der Waals surface area contributed by atoms with Crippen LogP contribution in [0.2, 0.25) is 0 Å². The van der Waals surface area contributed by atoms with E-state index >= 15 is 0 Å². The number of pyridine rings is 1. The van der Waals surface area contributed by atoms with E-state index in [1.165, 1.54) is 6.07 Å². The molecule has 0 spiro atoms. The maximum atomic E-state index is 11.4. The van der Waals surface area contributed by atoms with Gasteiger partial charge < -0.3 is 15.5 Å². The minimum absolute atomic E-state index is 0.201. The predicted octanol–water partition coefficient (Wildman–Crippen LogP) is 2.46. The molecule has 0 amide bonds. The summed E-state index contributed by atoms with van der Waals surface area (Å²) in [5.41, 5.74) is -0.0622. The average molecular weight is 306 g/mol. The Bertz CT molecular complexity index is 658. The second kappa shape index (κ2) is 6.32. The molecule has 1 aromatic heterocycles. The van der Waals surface area contributed by atoms with Crippen LogP contribution < -0.4 is 5.32 Å². The lowest BCUT2D eigenvalue weighted by molar-refractivity contribution is 0.0699. The number of benzene rings is 1. The highest BCUT2D eigenvalue weighted by Gasteiger charge is 2.20. The third-order valence-corrected chi connectivity index (χ3v) is 3.96. The molecule has 0 saturated heterocycles. The van der Waals surface area contributed by atoms with Gasteiger partial charge >= 0.3 is 5.97 Å². The predicted molar refractivity (Wildman–Crippen MR) is 86.2 cm³/mol. The topological polar surface area (TPSA) is 82.5 Å². The molecule has 5 nitrogen and oxygen atoms in total. The maximum absolute atomic E-state index is 11.4. The molecule has 112 valence electrons. The van der Waals surface area contributed by atoms with E-state index in [4.69, 9.17) is 0 Å². The summed E-state index contributed by atoms with van der Waals surface area (Å²) >= 11 is 1.55. The summed E-state index contributed by atoms with van der Waals surface area (Å²) in [6, 6.07) is 8.60. The Morgan fingerprint density at radius 3 is 2.81 bits per heavy atom. The van der Waals surface area contributed by atoms with E-state index < -0.39 is 11.6 Å². The number of hydrogen-bond donors (Lipinski definition) is 3. The van der Waals surface area contributed by atoms with Gasteiger partial charge in [-0.1, -0.05) is 18.2 Å². The molecule has 0 aliphatic carbocycles. The van der Waals surface area contributed by atoms with Gasteiger partial charge in [0.25, 0.3) is 0 Å². The van der Waals surface area contributed by atoms with Crippen molar-refractivity contribution >= 4 is 34.5 Å². The van der Waals surface area contributed by atoms with Crippen LogP contribution in [0.25, 0.3) is 10.9 Å². The summed E-state index contributed by atoms with van der Waals surface area (Å²) in [4.78, 5) is 15.8. The second-order valence-corrected chi connectivity index (χ2v) is 6.03. The fraction of sp³-hybridized carbons (Fsp3) is 0.333. The molecule has 0 aliphatic rings. The molecule has 0 radical (unpaired) electrons. The van der Waals surface area contributed by atoms with Crippen LogP contribution >= 0.6 is 11.8 Å². The summed E-state index contributed by atoms with van der Waals surface area (Å²) in [5.74, 6) is 0.0410. The highest BCUT2D eigenvalue weighted by atomic mass is 32.2. The molecule has 2 aromatic rings. The first-order valence-corrected chi connectivity index (χ1v) is 7.90. The van der Waals surface area contributed by atoms with Crippen LogP contribution in [0.3, 0.4) is 0 Å². The van der Waals surface area contributed by atoms with Crippen LogP contribution in [0.1, 0.15) is 17.3 Å². The highest BCUT2D eigenvalue weighted by molar-refractivity contribution is 7.98. The van der Waals surface area contributed by atoms with Crippen molar-refractivity contribution in [3.63, 3.8) is 0 Å². The van der Waals surface area contributed by atoms with Gasteiger partial charge in [-0.2, -0.15) is 11.8 Å². The van der Waals surface area contributed by atoms with E-state index in [0.29, 0.717) is 29.0 Å². The Labute approximate surface area is 127 Å². The average Bonchev–Trinajstić information content (AvgIpc) is 2.44. The number of aliphatic hydroxyl groups is 1. The van der Waals surface area contributed by atoms with Gasteiger partial charge in [0, 0.05) is 17.7 Å². The number of nitrogens with zero attached hydrogens (tertiary/aromatic N) is 1. The number of anilines is 1. The Kier molecular flexibility index (Phi) is 4.69. The first kappa shape index (κ1) is 15.6. The fourth-order valence-electron chi connectivity index (χ4n) is 2.09. The number of carbonyl (C=O) groups is 1. The van der Waals surface area contributed by atoms with Crippen molar-refractivity contribution in [3.05, 3.63) is 35.9 Å². The summed E-state index contributed by atoms with van der Waals surface area (Å²) in [6.45, 7) is 2.04. The third-order valence-electron chi connectivity index (χ3n) is 3.05. The molecule has 1 heterocycles. The third kappa shape index (κ3) is 3.86. The number of para-hydroxylation sites is 1. The van der Waals surface area contributed by atoms with E-state index in [9.17, 15) is 15.0 Å². The van der Waals surface area contributed by atoms with Crippen molar-refractivity contribution in [3.8, 4) is 0 Å². The lowest BCUT2D eigenvalue weighted by atomic mass is 10.1. The molecule has 0 bridgehead atoms. The monoisotopic (exact) mass is 306 g/mol. The van der Waals surface area contributed by atoms with E-state index in [1.54, 1.807) is 36.9 Å². The molecular formula is C15H18N2O3S. The number of aromatic nitrogens is 1. The van der Waals surface area contributed by atoms with Gasteiger partial charge in [-0.05, 0) is 25.3 Å². The lowest BCUT2D eigenvalue weighted by Crippen LogP contribution is -2.36. The van der Waals surface area contributed by atoms with E-state index in [1.807, 2.05) is 12.3 Å². The van der Waals surface area contributed by atoms with Gasteiger partial charge in [0.05, 0.1) is 16.7 Å². The van der Waals surface area contributed by atoms with Crippen molar-refractivity contribution in [1.82, 2.24) is 4.98 Å². The summed E-state index contributed by atoms with van der Waals surface area (Å²) in [6.07, 6.45) is 1.92. The molecule has 0 fully saturated rings. The zero-order valence-corrected chi connectivity index (χ0v) is 12.8. The number of rotatable bonds is 6. The standard InChI is InChI=1S/C15H18N2O3S/c1-15(20,9-21-2)8-16-13-7-11(14(18)19)10-5-3-4-6-12(10)17-13/h3-7,20H,8-9H2,1-2H3,(H,16,17)(H,18,19). The van der Waals surface area contributed by atoms with E-state index in [2.05, 4.69) is 10.3 Å². The fourth-order valence-corrected chi connectivity index (χ4v) is 2.81. The molecule has 0 saturated carbocycles. The number of fused-ring (bicyclic) bond motifs is 1. The van der Waals surface area contributed by atoms with Crippen molar-refractivity contribution in [2.24, 2.45) is 0 Å². The summed E-state index contributed by atoms with van der Waals surface area (Å²) in [7, 11) is 0. The number of carboxylic acids is 1. The zero-order valence-electron chi connectivity index (χ0n) is 12.0. The van der Waals surface area contributed by atoms with Crippen LogP contribution in [0.5, 0.6) is 0 Å². The Hall–Kier alpha value is -1.79. The van der Waals surface area contributed by atoms with Gasteiger partial charge in [-0.15, -0.1) is 0 Å². The summed E-state index contributed by atoms with van der Waals surface area (Å²) < 4.78 is 0. The molecule has 6 heteroatoms. The van der Waals surface area contributed by atoms with Crippen LogP contribution in [0.4, 0.5) is 5.82 Å². The van der Waals surface area contributed by atoms with Crippen LogP contribution in [-0.2, 0) is 0 Å². The minimum atomic E-state index is -0.993. The quantitative estimate of drug-likeness (QED) is 0.760. The van der Waals surface area contributed by atoms with Crippen molar-refractivity contribution < 1.29 is 15.0 Å². The van der Waals surface area contributed by atoms with Gasteiger partial charge in [-0.25, -0.2) is 9.78 Å². The molecule has 1 aromatic carbocycles. The van der Waals surface area contributed by atoms with Crippen LogP contribution in [-0.4, -0.2) is 45.3 Å². The Balaban J connectivity index is 2.31. The molecule has 2 rings (SSSR count). The molecular weight excluding hydrogens is 288 g/mol.